The first-order chi connectivity index (χ1) is 9.17. The number of nitrogens with two attached hydrogens (primary N) is 1. The third-order valence-electron chi connectivity index (χ3n) is 2.81. The predicted molar refractivity (Wildman–Crippen MR) is 84.2 cm³/mol. The van der Waals surface area contributed by atoms with Crippen molar-refractivity contribution >= 4 is 23.4 Å². The minimum Gasteiger partial charge on any atom is -0.399 e. The third kappa shape index (κ3) is 6.01. The van der Waals surface area contributed by atoms with Crippen LogP contribution in [0.1, 0.15) is 32.3 Å². The first kappa shape index (κ1) is 15.9. The van der Waals surface area contributed by atoms with Gasteiger partial charge in [-0.05, 0) is 30.5 Å². The molecule has 0 saturated carbocycles. The molecule has 4 heteroatoms. The molecule has 2 N–H and O–H groups in total. The zero-order valence-electron chi connectivity index (χ0n) is 11.9. The van der Waals surface area contributed by atoms with Crippen molar-refractivity contribution in [1.82, 2.24) is 4.90 Å². The average Bonchev–Trinajstić information content (AvgIpc) is 2.40. The lowest BCUT2D eigenvalue weighted by molar-refractivity contribution is -0.128. The number of nitrogens with zero attached hydrogens (tertiary/aromatic N) is 1. The van der Waals surface area contributed by atoms with E-state index in [4.69, 9.17) is 5.73 Å². The Morgan fingerprint density at radius 3 is 2.26 bits per heavy atom. The van der Waals surface area contributed by atoms with E-state index in [1.807, 2.05) is 29.2 Å². The van der Waals surface area contributed by atoms with Gasteiger partial charge in [0.05, 0.1) is 5.75 Å². The zero-order chi connectivity index (χ0) is 14.1. The fourth-order valence-corrected chi connectivity index (χ4v) is 2.75. The molecule has 3 nitrogen and oxygen atoms in total. The second kappa shape index (κ2) is 8.86. The maximum absolute atomic E-state index is 12.1. The number of benzene rings is 1. The minimum absolute atomic E-state index is 0.254. The Balaban J connectivity index is 2.34. The fourth-order valence-electron chi connectivity index (χ4n) is 1.86. The van der Waals surface area contributed by atoms with Crippen molar-refractivity contribution in [2.45, 2.75) is 32.4 Å². The van der Waals surface area contributed by atoms with Crippen LogP contribution in [0.2, 0.25) is 0 Å². The van der Waals surface area contributed by atoms with Crippen molar-refractivity contribution in [1.29, 1.82) is 0 Å². The van der Waals surface area contributed by atoms with Crippen molar-refractivity contribution in [2.24, 2.45) is 0 Å². The van der Waals surface area contributed by atoms with Gasteiger partial charge in [0.15, 0.2) is 0 Å². The zero-order valence-corrected chi connectivity index (χ0v) is 12.7. The predicted octanol–water partition coefficient (Wildman–Crippen LogP) is 3.15. The summed E-state index contributed by atoms with van der Waals surface area (Å²) in [6.45, 7) is 5.96. The van der Waals surface area contributed by atoms with E-state index in [-0.39, 0.29) is 5.91 Å². The van der Waals surface area contributed by atoms with Gasteiger partial charge in [-0.15, -0.1) is 11.8 Å². The van der Waals surface area contributed by atoms with Crippen LogP contribution in [0.15, 0.2) is 24.3 Å². The Morgan fingerprint density at radius 2 is 1.74 bits per heavy atom. The lowest BCUT2D eigenvalue weighted by Crippen LogP contribution is -2.33. The van der Waals surface area contributed by atoms with Gasteiger partial charge < -0.3 is 10.6 Å². The van der Waals surface area contributed by atoms with Crippen molar-refractivity contribution in [3.05, 3.63) is 29.8 Å². The van der Waals surface area contributed by atoms with Crippen molar-refractivity contribution in [2.75, 3.05) is 24.6 Å². The van der Waals surface area contributed by atoms with E-state index in [2.05, 4.69) is 13.8 Å². The summed E-state index contributed by atoms with van der Waals surface area (Å²) in [5.74, 6) is 1.67. The van der Waals surface area contributed by atoms with Crippen LogP contribution in [0.25, 0.3) is 0 Å². The van der Waals surface area contributed by atoms with Gasteiger partial charge >= 0.3 is 0 Å². The lowest BCUT2D eigenvalue weighted by atomic mass is 10.2. The summed E-state index contributed by atoms with van der Waals surface area (Å²) in [5.41, 5.74) is 7.63. The highest BCUT2D eigenvalue weighted by Gasteiger charge is 2.11. The normalized spacial score (nSPS) is 10.4. The Labute approximate surface area is 120 Å². The van der Waals surface area contributed by atoms with Gasteiger partial charge in [-0.2, -0.15) is 0 Å². The van der Waals surface area contributed by atoms with E-state index in [0.29, 0.717) is 5.75 Å². The first-order valence-corrected chi connectivity index (χ1v) is 8.02. The van der Waals surface area contributed by atoms with Crippen LogP contribution in [-0.2, 0) is 10.5 Å². The molecule has 1 aromatic rings. The molecule has 106 valence electrons. The molecule has 0 aromatic heterocycles. The van der Waals surface area contributed by atoms with E-state index in [1.165, 1.54) is 5.56 Å². The van der Waals surface area contributed by atoms with E-state index >= 15 is 0 Å². The largest absolute Gasteiger partial charge is 0.399 e. The molecule has 0 unspecified atom stereocenters. The molecule has 1 amide bonds. The van der Waals surface area contributed by atoms with Crippen LogP contribution >= 0.6 is 11.8 Å². The maximum Gasteiger partial charge on any atom is 0.232 e. The number of nitrogen functional groups attached to an aromatic ring is 1. The van der Waals surface area contributed by atoms with Crippen LogP contribution < -0.4 is 5.73 Å². The summed E-state index contributed by atoms with van der Waals surface area (Å²) in [6, 6.07) is 7.84. The van der Waals surface area contributed by atoms with Crippen molar-refractivity contribution in [3.8, 4) is 0 Å². The number of carbonyl (C=O) groups excluding carboxylic acids is 1. The Morgan fingerprint density at radius 1 is 1.16 bits per heavy atom. The lowest BCUT2D eigenvalue weighted by Gasteiger charge is -2.21. The second-order valence-electron chi connectivity index (χ2n) is 4.62. The molecule has 0 fully saturated rings. The smallest absolute Gasteiger partial charge is 0.232 e. The fraction of sp³-hybridized carbons (Fsp3) is 0.533. The molecule has 0 aliphatic rings. The van der Waals surface area contributed by atoms with Crippen LogP contribution in [0.4, 0.5) is 5.69 Å². The molecule has 0 atom stereocenters. The molecule has 0 radical (unpaired) electrons. The highest BCUT2D eigenvalue weighted by Crippen LogP contribution is 2.14. The number of thioether (sulfide) groups is 1. The van der Waals surface area contributed by atoms with Gasteiger partial charge in [-0.1, -0.05) is 26.0 Å². The number of amides is 1. The average molecular weight is 280 g/mol. The van der Waals surface area contributed by atoms with Crippen molar-refractivity contribution in [3.63, 3.8) is 0 Å². The molecule has 0 heterocycles. The van der Waals surface area contributed by atoms with Crippen LogP contribution in [-0.4, -0.2) is 29.6 Å². The first-order valence-electron chi connectivity index (χ1n) is 6.87. The highest BCUT2D eigenvalue weighted by molar-refractivity contribution is 7.99. The van der Waals surface area contributed by atoms with Crippen LogP contribution in [0.5, 0.6) is 0 Å². The number of anilines is 1. The third-order valence-corrected chi connectivity index (χ3v) is 3.80. The summed E-state index contributed by atoms with van der Waals surface area (Å²) in [6.07, 6.45) is 2.04. The second-order valence-corrected chi connectivity index (χ2v) is 5.60. The number of carbonyl (C=O) groups is 1. The summed E-state index contributed by atoms with van der Waals surface area (Å²) in [5, 5.41) is 0. The molecule has 1 aromatic carbocycles. The molecule has 0 aliphatic heterocycles. The molecule has 0 saturated heterocycles. The van der Waals surface area contributed by atoms with Crippen LogP contribution in [0, 0.1) is 0 Å². The molecule has 0 aliphatic carbocycles. The highest BCUT2D eigenvalue weighted by atomic mass is 32.2. The maximum atomic E-state index is 12.1. The summed E-state index contributed by atoms with van der Waals surface area (Å²) >= 11 is 1.67. The Bertz CT molecular complexity index is 372. The van der Waals surface area contributed by atoms with E-state index in [0.717, 1.165) is 37.4 Å². The standard InChI is InChI=1S/C15H24N2OS/c1-3-9-17(10-4-2)15(18)12-19-11-13-5-7-14(16)8-6-13/h5-8H,3-4,9-12,16H2,1-2H3. The minimum atomic E-state index is 0.254. The number of hydrogen-bond donors (Lipinski definition) is 1. The van der Waals surface area contributed by atoms with Gasteiger partial charge in [0, 0.05) is 24.5 Å². The quantitative estimate of drug-likeness (QED) is 0.744. The topological polar surface area (TPSA) is 46.3 Å². The van der Waals surface area contributed by atoms with E-state index in [1.54, 1.807) is 11.8 Å². The molecule has 0 spiro atoms. The van der Waals surface area contributed by atoms with Gasteiger partial charge in [0.25, 0.3) is 0 Å². The molecular formula is C15H24N2OS. The SMILES string of the molecule is CCCN(CCC)C(=O)CSCc1ccc(N)cc1. The summed E-state index contributed by atoms with van der Waals surface area (Å²) < 4.78 is 0. The van der Waals surface area contributed by atoms with Crippen LogP contribution in [0.3, 0.4) is 0 Å². The Kier molecular flexibility index (Phi) is 7.41. The molecule has 0 bridgehead atoms. The summed E-state index contributed by atoms with van der Waals surface area (Å²) in [7, 11) is 0. The molecule has 1 rings (SSSR count). The van der Waals surface area contributed by atoms with E-state index < -0.39 is 0 Å². The molecular weight excluding hydrogens is 256 g/mol. The van der Waals surface area contributed by atoms with Gasteiger partial charge in [0.2, 0.25) is 5.91 Å². The monoisotopic (exact) mass is 280 g/mol. The van der Waals surface area contributed by atoms with Gasteiger partial charge in [0.1, 0.15) is 0 Å². The molecule has 19 heavy (non-hydrogen) atoms. The van der Waals surface area contributed by atoms with Gasteiger partial charge in [-0.25, -0.2) is 0 Å². The number of rotatable bonds is 8. The Hall–Kier alpha value is -1.16. The van der Waals surface area contributed by atoms with Gasteiger partial charge in [-0.3, -0.25) is 4.79 Å². The van der Waals surface area contributed by atoms with E-state index in [9.17, 15) is 4.79 Å². The number of hydrogen-bond acceptors (Lipinski definition) is 3. The summed E-state index contributed by atoms with van der Waals surface area (Å²) in [4.78, 5) is 14.0. The van der Waals surface area contributed by atoms with Crippen molar-refractivity contribution < 1.29 is 4.79 Å².